The van der Waals surface area contributed by atoms with Crippen LogP contribution in [0.15, 0.2) is 86.9 Å². The Hall–Kier alpha value is -3.51. The quantitative estimate of drug-likeness (QED) is 0.367. The van der Waals surface area contributed by atoms with Gasteiger partial charge in [0, 0.05) is 11.4 Å². The lowest BCUT2D eigenvalue weighted by Crippen LogP contribution is -2.31. The zero-order valence-corrected chi connectivity index (χ0v) is 19.2. The summed E-state index contributed by atoms with van der Waals surface area (Å²) in [5, 5.41) is 0.492. The zero-order chi connectivity index (χ0) is 22.9. The number of ether oxygens (including phenoxy) is 1. The monoisotopic (exact) mass is 457 g/mol. The number of benzene rings is 3. The number of para-hydroxylation sites is 1. The van der Waals surface area contributed by atoms with Gasteiger partial charge in [-0.05, 0) is 60.2 Å². The number of methoxy groups -OCH3 is 1. The third kappa shape index (κ3) is 3.80. The van der Waals surface area contributed by atoms with E-state index in [-0.39, 0.29) is 17.1 Å². The Labute approximate surface area is 196 Å². The highest BCUT2D eigenvalue weighted by Gasteiger charge is 2.42. The molecule has 0 fully saturated rings. The summed E-state index contributed by atoms with van der Waals surface area (Å²) in [4.78, 5) is 29.9. The van der Waals surface area contributed by atoms with Crippen LogP contribution in [0.5, 0.6) is 5.75 Å². The Morgan fingerprint density at radius 1 is 0.970 bits per heavy atom. The van der Waals surface area contributed by atoms with Crippen molar-refractivity contribution in [2.45, 2.75) is 17.4 Å². The van der Waals surface area contributed by atoms with Gasteiger partial charge in [-0.15, -0.1) is 11.8 Å². The predicted octanol–water partition coefficient (Wildman–Crippen LogP) is 5.31. The van der Waals surface area contributed by atoms with Crippen LogP contribution >= 0.6 is 11.8 Å². The van der Waals surface area contributed by atoms with Crippen molar-refractivity contribution in [2.75, 3.05) is 19.9 Å². The summed E-state index contributed by atoms with van der Waals surface area (Å²) in [7, 11) is 1.63. The lowest BCUT2D eigenvalue weighted by molar-refractivity contribution is 0.0730. The first-order valence-electron chi connectivity index (χ1n) is 10.7. The van der Waals surface area contributed by atoms with Crippen LogP contribution in [0.25, 0.3) is 11.0 Å². The molecule has 0 bridgehead atoms. The largest absolute Gasteiger partial charge is 0.497 e. The summed E-state index contributed by atoms with van der Waals surface area (Å²) < 4.78 is 11.2. The number of thioether (sulfide) groups is 1. The first-order valence-corrected chi connectivity index (χ1v) is 12.0. The second kappa shape index (κ2) is 8.79. The Morgan fingerprint density at radius 2 is 1.70 bits per heavy atom. The Morgan fingerprint density at radius 3 is 2.39 bits per heavy atom. The van der Waals surface area contributed by atoms with E-state index in [2.05, 4.69) is 0 Å². The zero-order valence-electron chi connectivity index (χ0n) is 18.4. The Kier molecular flexibility index (Phi) is 5.68. The first-order chi connectivity index (χ1) is 16.1. The Balaban J connectivity index is 1.58. The van der Waals surface area contributed by atoms with Gasteiger partial charge in [0.05, 0.1) is 24.1 Å². The molecule has 1 aliphatic heterocycles. The average molecular weight is 458 g/mol. The minimum atomic E-state index is -0.484. The summed E-state index contributed by atoms with van der Waals surface area (Å²) in [6, 6.07) is 22.4. The van der Waals surface area contributed by atoms with Crippen LogP contribution in [0, 0.1) is 0 Å². The maximum absolute atomic E-state index is 13.5. The number of amides is 1. The second-order valence-electron chi connectivity index (χ2n) is 7.94. The van der Waals surface area contributed by atoms with Crippen molar-refractivity contribution >= 4 is 28.6 Å². The molecule has 166 valence electrons. The molecule has 4 aromatic rings. The summed E-state index contributed by atoms with van der Waals surface area (Å²) >= 11 is 1.65. The molecule has 1 aromatic heterocycles. The molecule has 5 nitrogen and oxygen atoms in total. The lowest BCUT2D eigenvalue weighted by atomic mass is 9.98. The van der Waals surface area contributed by atoms with Gasteiger partial charge in [-0.25, -0.2) is 0 Å². The summed E-state index contributed by atoms with van der Waals surface area (Å²) in [6.45, 7) is 0.458. The van der Waals surface area contributed by atoms with Gasteiger partial charge in [-0.3, -0.25) is 9.59 Å². The molecule has 33 heavy (non-hydrogen) atoms. The van der Waals surface area contributed by atoms with E-state index in [9.17, 15) is 9.59 Å². The average Bonchev–Trinajstić information content (AvgIpc) is 3.15. The molecule has 1 atom stereocenters. The van der Waals surface area contributed by atoms with Gasteiger partial charge < -0.3 is 14.1 Å². The number of rotatable bonds is 6. The van der Waals surface area contributed by atoms with Crippen molar-refractivity contribution in [1.29, 1.82) is 0 Å². The standard InChI is InChI=1S/C27H23NO4S/c1-31-19-11-7-17(8-12-19)15-16-28-24(18-9-13-20(33-2)14-10-18)23-25(29)21-5-3-4-6-22(21)32-26(23)27(28)30/h3-14,24H,15-16H2,1-2H3. The molecule has 1 unspecified atom stereocenters. The molecule has 0 N–H and O–H groups in total. The van der Waals surface area contributed by atoms with Crippen LogP contribution in [-0.2, 0) is 6.42 Å². The van der Waals surface area contributed by atoms with Gasteiger partial charge in [0.2, 0.25) is 5.76 Å². The molecule has 0 saturated carbocycles. The highest BCUT2D eigenvalue weighted by Crippen LogP contribution is 2.38. The molecule has 1 aliphatic rings. The molecule has 1 amide bonds. The molecule has 2 heterocycles. The van der Waals surface area contributed by atoms with Crippen LogP contribution < -0.4 is 10.2 Å². The fraction of sp³-hybridized carbons (Fsp3) is 0.185. The third-order valence-electron chi connectivity index (χ3n) is 6.11. The molecule has 3 aromatic carbocycles. The van der Waals surface area contributed by atoms with Crippen LogP contribution in [0.1, 0.15) is 33.3 Å². The number of nitrogens with zero attached hydrogens (tertiary/aromatic N) is 1. The molecule has 0 radical (unpaired) electrons. The van der Waals surface area contributed by atoms with E-state index in [4.69, 9.17) is 9.15 Å². The number of hydrogen-bond donors (Lipinski definition) is 0. The SMILES string of the molecule is COc1ccc(CCN2C(=O)c3oc4ccccc4c(=O)c3C2c2ccc(SC)cc2)cc1. The summed E-state index contributed by atoms with van der Waals surface area (Å²) in [6.07, 6.45) is 2.67. The second-order valence-corrected chi connectivity index (χ2v) is 8.82. The van der Waals surface area contributed by atoms with E-state index >= 15 is 0 Å². The predicted molar refractivity (Wildman–Crippen MR) is 130 cm³/mol. The van der Waals surface area contributed by atoms with E-state index < -0.39 is 6.04 Å². The lowest BCUT2D eigenvalue weighted by Gasteiger charge is -2.25. The summed E-state index contributed by atoms with van der Waals surface area (Å²) in [5.41, 5.74) is 2.69. The van der Waals surface area contributed by atoms with Crippen molar-refractivity contribution in [3.05, 3.63) is 105 Å². The fourth-order valence-corrected chi connectivity index (χ4v) is 4.78. The van der Waals surface area contributed by atoms with E-state index in [0.717, 1.165) is 21.8 Å². The molecule has 0 saturated heterocycles. The number of hydrogen-bond acceptors (Lipinski definition) is 5. The molecule has 6 heteroatoms. The molecule has 0 aliphatic carbocycles. The highest BCUT2D eigenvalue weighted by molar-refractivity contribution is 7.98. The normalized spacial score (nSPS) is 15.2. The maximum atomic E-state index is 13.5. The van der Waals surface area contributed by atoms with Gasteiger partial charge in [0.25, 0.3) is 5.91 Å². The third-order valence-corrected chi connectivity index (χ3v) is 6.85. The smallest absolute Gasteiger partial charge is 0.290 e. The molecular weight excluding hydrogens is 434 g/mol. The van der Waals surface area contributed by atoms with Crippen molar-refractivity contribution < 1.29 is 13.9 Å². The molecule has 5 rings (SSSR count). The minimum Gasteiger partial charge on any atom is -0.497 e. The highest BCUT2D eigenvalue weighted by atomic mass is 32.2. The van der Waals surface area contributed by atoms with E-state index in [1.54, 1.807) is 42.0 Å². The minimum absolute atomic E-state index is 0.146. The van der Waals surface area contributed by atoms with E-state index in [0.29, 0.717) is 29.5 Å². The number of fused-ring (bicyclic) bond motifs is 2. The number of carbonyl (C=O) groups is 1. The number of carbonyl (C=O) groups excluding carboxylic acids is 1. The molecular formula is C27H23NO4S. The first kappa shape index (κ1) is 21.3. The topological polar surface area (TPSA) is 59.8 Å². The van der Waals surface area contributed by atoms with Gasteiger partial charge in [0.1, 0.15) is 11.3 Å². The Bertz CT molecular complexity index is 1380. The van der Waals surface area contributed by atoms with Crippen LogP contribution in [0.4, 0.5) is 0 Å². The van der Waals surface area contributed by atoms with Gasteiger partial charge in [-0.1, -0.05) is 36.4 Å². The van der Waals surface area contributed by atoms with Gasteiger partial charge in [0.15, 0.2) is 5.43 Å². The fourth-order valence-electron chi connectivity index (χ4n) is 4.37. The van der Waals surface area contributed by atoms with Crippen LogP contribution in [0.2, 0.25) is 0 Å². The van der Waals surface area contributed by atoms with Crippen molar-refractivity contribution in [3.8, 4) is 5.75 Å². The summed E-state index contributed by atoms with van der Waals surface area (Å²) in [5.74, 6) is 0.685. The molecule has 0 spiro atoms. The van der Waals surface area contributed by atoms with E-state index in [1.807, 2.05) is 60.9 Å². The maximum Gasteiger partial charge on any atom is 0.290 e. The van der Waals surface area contributed by atoms with Crippen molar-refractivity contribution in [1.82, 2.24) is 4.90 Å². The van der Waals surface area contributed by atoms with E-state index in [1.165, 1.54) is 0 Å². The van der Waals surface area contributed by atoms with Crippen molar-refractivity contribution in [2.24, 2.45) is 0 Å². The van der Waals surface area contributed by atoms with Gasteiger partial charge >= 0.3 is 0 Å². The van der Waals surface area contributed by atoms with Gasteiger partial charge in [-0.2, -0.15) is 0 Å². The van der Waals surface area contributed by atoms with Crippen molar-refractivity contribution in [3.63, 3.8) is 0 Å². The van der Waals surface area contributed by atoms with Crippen LogP contribution in [0.3, 0.4) is 0 Å². The van der Waals surface area contributed by atoms with Crippen LogP contribution in [-0.4, -0.2) is 30.7 Å².